The van der Waals surface area contributed by atoms with Crippen molar-refractivity contribution in [3.8, 4) is 5.75 Å². The Labute approximate surface area is 225 Å². The number of carbonyl (C=O) groups excluding carboxylic acids is 1. The first-order valence-electron chi connectivity index (χ1n) is 12.3. The number of thiophene rings is 1. The van der Waals surface area contributed by atoms with Gasteiger partial charge in [-0.3, -0.25) is 9.10 Å². The molecule has 0 aliphatic carbocycles. The minimum absolute atomic E-state index is 0.0702. The third kappa shape index (κ3) is 4.93. The predicted molar refractivity (Wildman–Crippen MR) is 150 cm³/mol. The highest BCUT2D eigenvalue weighted by molar-refractivity contribution is 7.92. The maximum Gasteiger partial charge on any atom is 0.264 e. The Morgan fingerprint density at radius 3 is 2.37 bits per heavy atom. The maximum atomic E-state index is 14.2. The van der Waals surface area contributed by atoms with Crippen LogP contribution in [0.25, 0.3) is 10.1 Å². The Balaban J connectivity index is 1.34. The predicted octanol–water partition coefficient (Wildman–Crippen LogP) is 5.23. The molecule has 198 valence electrons. The molecule has 2 heterocycles. The zero-order chi connectivity index (χ0) is 26.9. The van der Waals surface area contributed by atoms with E-state index >= 15 is 0 Å². The van der Waals surface area contributed by atoms with Gasteiger partial charge in [0.25, 0.3) is 15.9 Å². The number of hydrogen-bond donors (Lipinski definition) is 0. The molecule has 38 heavy (non-hydrogen) atoms. The van der Waals surface area contributed by atoms with E-state index in [0.29, 0.717) is 48.2 Å². The van der Waals surface area contributed by atoms with E-state index in [9.17, 15) is 17.6 Å². The van der Waals surface area contributed by atoms with Crippen molar-refractivity contribution >= 4 is 48.7 Å². The minimum atomic E-state index is -3.78. The van der Waals surface area contributed by atoms with Gasteiger partial charge in [0.2, 0.25) is 0 Å². The standard InChI is InChI=1S/C28H28FN3O4S2/c1-3-32(38(34,35)23-11-9-22(36-2)10-12-23)21-8-13-26-20(18-21)19-27(37-26)28(33)31-16-14-30(15-17-31)25-7-5-4-6-24(25)29/h4-13,18-19H,3,14-17H2,1-2H3. The third-order valence-corrected chi connectivity index (χ3v) is 9.71. The molecular formula is C28H28FN3O4S2. The van der Waals surface area contributed by atoms with Crippen LogP contribution in [0.5, 0.6) is 5.75 Å². The van der Waals surface area contributed by atoms with Crippen LogP contribution >= 0.6 is 11.3 Å². The molecule has 1 aromatic heterocycles. The van der Waals surface area contributed by atoms with Crippen molar-refractivity contribution in [1.82, 2.24) is 4.90 Å². The number of sulfonamides is 1. The minimum Gasteiger partial charge on any atom is -0.497 e. The number of hydrogen-bond acceptors (Lipinski definition) is 6. The Morgan fingerprint density at radius 2 is 1.71 bits per heavy atom. The molecule has 3 aromatic carbocycles. The fraction of sp³-hybridized carbons (Fsp3) is 0.250. The molecule has 1 aliphatic heterocycles. The van der Waals surface area contributed by atoms with E-state index in [2.05, 4.69) is 0 Å². The number of methoxy groups -OCH3 is 1. The highest BCUT2D eigenvalue weighted by Crippen LogP contribution is 2.33. The number of para-hydroxylation sites is 1. The molecule has 0 spiro atoms. The normalized spacial score (nSPS) is 14.1. The number of piperazine rings is 1. The number of rotatable bonds is 7. The monoisotopic (exact) mass is 553 g/mol. The zero-order valence-electron chi connectivity index (χ0n) is 21.1. The van der Waals surface area contributed by atoms with Crippen LogP contribution in [0.3, 0.4) is 0 Å². The Kier molecular flexibility index (Phi) is 7.27. The Bertz CT molecular complexity index is 1560. The summed E-state index contributed by atoms with van der Waals surface area (Å²) in [4.78, 5) is 17.8. The smallest absolute Gasteiger partial charge is 0.264 e. The lowest BCUT2D eigenvalue weighted by atomic mass is 10.2. The number of benzene rings is 3. The fourth-order valence-electron chi connectivity index (χ4n) is 4.67. The van der Waals surface area contributed by atoms with Crippen molar-refractivity contribution in [3.05, 3.63) is 83.5 Å². The molecule has 7 nitrogen and oxygen atoms in total. The average Bonchev–Trinajstić information content (AvgIpc) is 3.37. The summed E-state index contributed by atoms with van der Waals surface area (Å²) in [5.74, 6) is 0.249. The van der Waals surface area contributed by atoms with Crippen molar-refractivity contribution in [3.63, 3.8) is 0 Å². The lowest BCUT2D eigenvalue weighted by molar-refractivity contribution is 0.0751. The van der Waals surface area contributed by atoms with Crippen molar-refractivity contribution in [2.24, 2.45) is 0 Å². The highest BCUT2D eigenvalue weighted by atomic mass is 32.2. The van der Waals surface area contributed by atoms with Crippen LogP contribution in [-0.2, 0) is 10.0 Å². The summed E-state index contributed by atoms with van der Waals surface area (Å²) in [5, 5.41) is 0.809. The van der Waals surface area contributed by atoms with Crippen LogP contribution in [0.15, 0.2) is 77.7 Å². The first-order chi connectivity index (χ1) is 18.3. The van der Waals surface area contributed by atoms with Crippen molar-refractivity contribution in [2.75, 3.05) is 49.0 Å². The van der Waals surface area contributed by atoms with Gasteiger partial charge >= 0.3 is 0 Å². The number of fused-ring (bicyclic) bond motifs is 1. The molecule has 0 unspecified atom stereocenters. The van der Waals surface area contributed by atoms with Crippen LogP contribution in [0.4, 0.5) is 15.8 Å². The van der Waals surface area contributed by atoms with Gasteiger partial charge in [-0.1, -0.05) is 12.1 Å². The largest absolute Gasteiger partial charge is 0.497 e. The molecule has 0 N–H and O–H groups in total. The van der Waals surface area contributed by atoms with Gasteiger partial charge in [-0.15, -0.1) is 11.3 Å². The highest BCUT2D eigenvalue weighted by Gasteiger charge is 2.26. The molecule has 0 saturated carbocycles. The van der Waals surface area contributed by atoms with Gasteiger partial charge in [0.1, 0.15) is 11.6 Å². The number of carbonyl (C=O) groups is 1. The Hall–Kier alpha value is -3.63. The van der Waals surface area contributed by atoms with E-state index in [4.69, 9.17) is 4.74 Å². The molecule has 0 radical (unpaired) electrons. The quantitative estimate of drug-likeness (QED) is 0.314. The molecule has 10 heteroatoms. The number of amides is 1. The molecule has 0 atom stereocenters. The topological polar surface area (TPSA) is 70.2 Å². The van der Waals surface area contributed by atoms with Gasteiger partial charge in [-0.25, -0.2) is 12.8 Å². The van der Waals surface area contributed by atoms with E-state index in [0.717, 1.165) is 10.1 Å². The van der Waals surface area contributed by atoms with Gasteiger partial charge in [-0.2, -0.15) is 0 Å². The van der Waals surface area contributed by atoms with E-state index in [1.165, 1.54) is 41.0 Å². The van der Waals surface area contributed by atoms with E-state index in [-0.39, 0.29) is 23.2 Å². The van der Waals surface area contributed by atoms with E-state index in [1.54, 1.807) is 42.2 Å². The second kappa shape index (κ2) is 10.6. The van der Waals surface area contributed by atoms with Gasteiger partial charge in [0.15, 0.2) is 0 Å². The van der Waals surface area contributed by atoms with Gasteiger partial charge in [0.05, 0.1) is 28.3 Å². The van der Waals surface area contributed by atoms with Crippen LogP contribution in [-0.4, -0.2) is 59.1 Å². The molecule has 4 aromatic rings. The summed E-state index contributed by atoms with van der Waals surface area (Å²) >= 11 is 1.39. The third-order valence-electron chi connectivity index (χ3n) is 6.69. The van der Waals surface area contributed by atoms with Crippen molar-refractivity contribution < 1.29 is 22.3 Å². The first-order valence-corrected chi connectivity index (χ1v) is 14.6. The van der Waals surface area contributed by atoms with E-state index in [1.807, 2.05) is 29.2 Å². The average molecular weight is 554 g/mol. The molecule has 5 rings (SSSR count). The van der Waals surface area contributed by atoms with Crippen molar-refractivity contribution in [2.45, 2.75) is 11.8 Å². The molecular weight excluding hydrogens is 525 g/mol. The summed E-state index contributed by atoms with van der Waals surface area (Å²) in [5.41, 5.74) is 1.09. The van der Waals surface area contributed by atoms with Gasteiger partial charge < -0.3 is 14.5 Å². The number of nitrogens with zero attached hydrogens (tertiary/aromatic N) is 3. The van der Waals surface area contributed by atoms with Crippen LogP contribution in [0.2, 0.25) is 0 Å². The van der Waals surface area contributed by atoms with Gasteiger partial charge in [-0.05, 0) is 73.0 Å². The summed E-state index contributed by atoms with van der Waals surface area (Å²) in [6, 6.07) is 20.2. The molecule has 1 amide bonds. The second-order valence-corrected chi connectivity index (χ2v) is 11.9. The van der Waals surface area contributed by atoms with Crippen LogP contribution < -0.4 is 13.9 Å². The molecule has 0 bridgehead atoms. The molecule has 1 fully saturated rings. The zero-order valence-corrected chi connectivity index (χ0v) is 22.8. The maximum absolute atomic E-state index is 14.2. The van der Waals surface area contributed by atoms with Crippen molar-refractivity contribution in [1.29, 1.82) is 0 Å². The summed E-state index contributed by atoms with van der Waals surface area (Å²) in [7, 11) is -2.25. The lowest BCUT2D eigenvalue weighted by Gasteiger charge is -2.36. The number of halogens is 1. The van der Waals surface area contributed by atoms with Crippen LogP contribution in [0.1, 0.15) is 16.6 Å². The molecule has 1 aliphatic rings. The number of ether oxygens (including phenoxy) is 1. The molecule has 1 saturated heterocycles. The lowest BCUT2D eigenvalue weighted by Crippen LogP contribution is -2.48. The second-order valence-electron chi connectivity index (χ2n) is 8.91. The number of anilines is 2. The summed E-state index contributed by atoms with van der Waals surface area (Å²) in [6.45, 7) is 4.14. The van der Waals surface area contributed by atoms with Gasteiger partial charge in [0, 0.05) is 37.4 Å². The SMILES string of the molecule is CCN(c1ccc2sc(C(=O)N3CCN(c4ccccc4F)CC3)cc2c1)S(=O)(=O)c1ccc(OC)cc1. The Morgan fingerprint density at radius 1 is 1.00 bits per heavy atom. The van der Waals surface area contributed by atoms with Crippen LogP contribution in [0, 0.1) is 5.82 Å². The summed E-state index contributed by atoms with van der Waals surface area (Å²) in [6.07, 6.45) is 0. The fourth-order valence-corrected chi connectivity index (χ4v) is 7.15. The summed E-state index contributed by atoms with van der Waals surface area (Å²) < 4.78 is 48.3. The van der Waals surface area contributed by atoms with E-state index < -0.39 is 10.0 Å². The first kappa shape index (κ1) is 26.0.